The summed E-state index contributed by atoms with van der Waals surface area (Å²) in [7, 11) is -1.71. The number of nitrogens with zero attached hydrogens (tertiary/aromatic N) is 1. The van der Waals surface area contributed by atoms with Crippen molar-refractivity contribution in [1.82, 2.24) is 4.31 Å². The van der Waals surface area contributed by atoms with Gasteiger partial charge in [-0.25, -0.2) is 12.7 Å². The van der Waals surface area contributed by atoms with Gasteiger partial charge in [0.25, 0.3) is 5.91 Å². The minimum atomic E-state index is -3.23. The van der Waals surface area contributed by atoms with Crippen LogP contribution in [-0.4, -0.2) is 38.5 Å². The maximum Gasteiger partial charge on any atom is 0.262 e. The molecule has 0 saturated carbocycles. The van der Waals surface area contributed by atoms with Crippen LogP contribution in [0.5, 0.6) is 5.75 Å². The SMILES string of the molecule is CN(Cc1ccc(OCC(=O)Nc2ccccc2Cl)cc1)S(C)(=O)=O. The van der Waals surface area contributed by atoms with Gasteiger partial charge in [-0.2, -0.15) is 0 Å². The number of nitrogens with one attached hydrogen (secondary N) is 1. The number of anilines is 1. The van der Waals surface area contributed by atoms with E-state index in [-0.39, 0.29) is 19.1 Å². The summed E-state index contributed by atoms with van der Waals surface area (Å²) in [6.45, 7) is 0.111. The van der Waals surface area contributed by atoms with Crippen molar-refractivity contribution in [2.45, 2.75) is 6.54 Å². The van der Waals surface area contributed by atoms with Gasteiger partial charge in [0.1, 0.15) is 5.75 Å². The highest BCUT2D eigenvalue weighted by Crippen LogP contribution is 2.20. The highest BCUT2D eigenvalue weighted by atomic mass is 35.5. The fourth-order valence-corrected chi connectivity index (χ4v) is 2.53. The van der Waals surface area contributed by atoms with Crippen LogP contribution in [0.4, 0.5) is 5.69 Å². The molecule has 0 spiro atoms. The van der Waals surface area contributed by atoms with Crippen LogP contribution in [-0.2, 0) is 21.4 Å². The van der Waals surface area contributed by atoms with Crippen LogP contribution >= 0.6 is 11.6 Å². The van der Waals surface area contributed by atoms with Gasteiger partial charge >= 0.3 is 0 Å². The normalized spacial score (nSPS) is 11.4. The summed E-state index contributed by atoms with van der Waals surface area (Å²) in [5, 5.41) is 3.12. The minimum Gasteiger partial charge on any atom is -0.484 e. The second-order valence-corrected chi connectivity index (χ2v) is 7.98. The molecule has 2 rings (SSSR count). The number of sulfonamides is 1. The molecule has 0 fully saturated rings. The number of halogens is 1. The zero-order chi connectivity index (χ0) is 18.4. The molecule has 0 radical (unpaired) electrons. The van der Waals surface area contributed by atoms with E-state index in [1.807, 2.05) is 0 Å². The molecular weight excluding hydrogens is 364 g/mol. The first-order valence-corrected chi connectivity index (χ1v) is 9.66. The van der Waals surface area contributed by atoms with Gasteiger partial charge in [0, 0.05) is 13.6 Å². The summed E-state index contributed by atoms with van der Waals surface area (Å²) in [4.78, 5) is 11.9. The summed E-state index contributed by atoms with van der Waals surface area (Å²) < 4.78 is 29.5. The quantitative estimate of drug-likeness (QED) is 0.798. The first-order valence-electron chi connectivity index (χ1n) is 7.43. The number of hydrogen-bond acceptors (Lipinski definition) is 4. The van der Waals surface area contributed by atoms with Gasteiger partial charge in [-0.15, -0.1) is 0 Å². The third-order valence-electron chi connectivity index (χ3n) is 3.41. The van der Waals surface area contributed by atoms with Gasteiger partial charge in [0.2, 0.25) is 10.0 Å². The average Bonchev–Trinajstić information content (AvgIpc) is 2.55. The molecule has 0 aliphatic heterocycles. The fourth-order valence-electron chi connectivity index (χ4n) is 1.96. The van der Waals surface area contributed by atoms with Gasteiger partial charge in [-0.1, -0.05) is 35.9 Å². The maximum absolute atomic E-state index is 11.9. The van der Waals surface area contributed by atoms with Crippen molar-refractivity contribution >= 4 is 33.2 Å². The molecule has 0 atom stereocenters. The molecule has 1 amide bonds. The summed E-state index contributed by atoms with van der Waals surface area (Å²) in [6.07, 6.45) is 1.15. The monoisotopic (exact) mass is 382 g/mol. The Balaban J connectivity index is 1.87. The Hall–Kier alpha value is -2.09. The number of rotatable bonds is 7. The standard InChI is InChI=1S/C17H19ClN2O4S/c1-20(25(2,22)23)11-13-7-9-14(10-8-13)24-12-17(21)19-16-6-4-3-5-15(16)18/h3-10H,11-12H2,1-2H3,(H,19,21). The van der Waals surface area contributed by atoms with Crippen LogP contribution in [0.25, 0.3) is 0 Å². The van der Waals surface area contributed by atoms with Gasteiger partial charge in [0.05, 0.1) is 17.0 Å². The Kier molecular flexibility index (Phi) is 6.41. The minimum absolute atomic E-state index is 0.159. The lowest BCUT2D eigenvalue weighted by Crippen LogP contribution is -2.24. The molecule has 0 aromatic heterocycles. The molecule has 0 saturated heterocycles. The van der Waals surface area contributed by atoms with Crippen LogP contribution in [0.15, 0.2) is 48.5 Å². The van der Waals surface area contributed by atoms with Crippen LogP contribution in [0.3, 0.4) is 0 Å². The molecule has 2 aromatic rings. The smallest absolute Gasteiger partial charge is 0.262 e. The predicted molar refractivity (Wildman–Crippen MR) is 98.3 cm³/mol. The highest BCUT2D eigenvalue weighted by molar-refractivity contribution is 7.88. The van der Waals surface area contributed by atoms with Crippen molar-refractivity contribution in [3.05, 3.63) is 59.1 Å². The van der Waals surface area contributed by atoms with E-state index >= 15 is 0 Å². The molecule has 134 valence electrons. The van der Waals surface area contributed by atoms with Crippen LogP contribution < -0.4 is 10.1 Å². The summed E-state index contributed by atoms with van der Waals surface area (Å²) in [5.41, 5.74) is 1.35. The molecule has 0 bridgehead atoms. The molecule has 6 nitrogen and oxygen atoms in total. The molecule has 2 aromatic carbocycles. The number of benzene rings is 2. The van der Waals surface area contributed by atoms with Gasteiger partial charge < -0.3 is 10.1 Å². The van der Waals surface area contributed by atoms with Gasteiger partial charge in [-0.3, -0.25) is 4.79 Å². The summed E-state index contributed by atoms with van der Waals surface area (Å²) in [5.74, 6) is 0.189. The van der Waals surface area contributed by atoms with Crippen LogP contribution in [0.1, 0.15) is 5.56 Å². The van der Waals surface area contributed by atoms with Crippen molar-refractivity contribution < 1.29 is 17.9 Å². The first kappa shape index (κ1) is 19.2. The van der Waals surface area contributed by atoms with E-state index in [4.69, 9.17) is 16.3 Å². The Morgan fingerprint density at radius 1 is 1.16 bits per heavy atom. The number of carbonyl (C=O) groups excluding carboxylic acids is 1. The van der Waals surface area contributed by atoms with E-state index in [1.54, 1.807) is 48.5 Å². The van der Waals surface area contributed by atoms with Gasteiger partial charge in [-0.05, 0) is 29.8 Å². The molecule has 0 heterocycles. The van der Waals surface area contributed by atoms with E-state index in [0.717, 1.165) is 11.8 Å². The van der Waals surface area contributed by atoms with E-state index < -0.39 is 10.0 Å². The topological polar surface area (TPSA) is 75.7 Å². The third kappa shape index (κ3) is 6.04. The lowest BCUT2D eigenvalue weighted by Gasteiger charge is -2.14. The van der Waals surface area contributed by atoms with Crippen molar-refractivity contribution in [3.8, 4) is 5.75 Å². The average molecular weight is 383 g/mol. The van der Waals surface area contributed by atoms with Crippen molar-refractivity contribution in [3.63, 3.8) is 0 Å². The Morgan fingerprint density at radius 2 is 1.80 bits per heavy atom. The van der Waals surface area contributed by atoms with Crippen molar-refractivity contribution in [2.75, 3.05) is 25.2 Å². The third-order valence-corrected chi connectivity index (χ3v) is 5.00. The second kappa shape index (κ2) is 8.33. The molecular formula is C17H19ClN2O4S. The Morgan fingerprint density at radius 3 is 2.40 bits per heavy atom. The van der Waals surface area contributed by atoms with E-state index in [1.165, 1.54) is 11.4 Å². The first-order chi connectivity index (χ1) is 11.8. The predicted octanol–water partition coefficient (Wildman–Crippen LogP) is 2.75. The van der Waals surface area contributed by atoms with Gasteiger partial charge in [0.15, 0.2) is 6.61 Å². The van der Waals surface area contributed by atoms with E-state index in [2.05, 4.69) is 5.32 Å². The number of ether oxygens (including phenoxy) is 1. The zero-order valence-corrected chi connectivity index (χ0v) is 15.5. The Labute approximate surface area is 152 Å². The van der Waals surface area contributed by atoms with E-state index in [9.17, 15) is 13.2 Å². The lowest BCUT2D eigenvalue weighted by molar-refractivity contribution is -0.118. The molecule has 0 aliphatic rings. The fraction of sp³-hybridized carbons (Fsp3) is 0.235. The van der Waals surface area contributed by atoms with Crippen LogP contribution in [0.2, 0.25) is 5.02 Å². The van der Waals surface area contributed by atoms with Crippen molar-refractivity contribution in [1.29, 1.82) is 0 Å². The number of hydrogen-bond donors (Lipinski definition) is 1. The summed E-state index contributed by atoms with van der Waals surface area (Å²) in [6, 6.07) is 13.8. The molecule has 8 heteroatoms. The molecule has 1 N–H and O–H groups in total. The second-order valence-electron chi connectivity index (χ2n) is 5.48. The highest BCUT2D eigenvalue weighted by Gasteiger charge is 2.11. The Bertz CT molecular complexity index is 838. The maximum atomic E-state index is 11.9. The number of carbonyl (C=O) groups is 1. The lowest BCUT2D eigenvalue weighted by atomic mass is 10.2. The van der Waals surface area contributed by atoms with E-state index in [0.29, 0.717) is 16.5 Å². The van der Waals surface area contributed by atoms with Crippen molar-refractivity contribution in [2.24, 2.45) is 0 Å². The molecule has 0 unspecified atom stereocenters. The van der Waals surface area contributed by atoms with Crippen LogP contribution in [0, 0.1) is 0 Å². The molecule has 0 aliphatic carbocycles. The zero-order valence-electron chi connectivity index (χ0n) is 13.9. The molecule has 25 heavy (non-hydrogen) atoms. The number of amides is 1. The number of para-hydroxylation sites is 1. The summed E-state index contributed by atoms with van der Waals surface area (Å²) >= 11 is 5.97. The largest absolute Gasteiger partial charge is 0.484 e.